The average molecular weight is 436 g/mol. The first kappa shape index (κ1) is 24.8. The van der Waals surface area contributed by atoms with Gasteiger partial charge in [0.15, 0.2) is 0 Å². The van der Waals surface area contributed by atoms with Crippen LogP contribution < -0.4 is 0 Å². The van der Waals surface area contributed by atoms with Gasteiger partial charge < -0.3 is 0 Å². The summed E-state index contributed by atoms with van der Waals surface area (Å²) >= 11 is 0. The Hall–Kier alpha value is -1.17. The number of rotatable bonds is 6. The molecule has 0 unspecified atom stereocenters. The van der Waals surface area contributed by atoms with Crippen molar-refractivity contribution < 1.29 is 70.8 Å². The molecule has 0 bridgehead atoms. The Labute approximate surface area is 136 Å². The van der Waals surface area contributed by atoms with E-state index in [1.807, 2.05) is 0 Å². The lowest BCUT2D eigenvalue weighted by Crippen LogP contribution is -2.46. The topological polar surface area (TPSA) is 44.8 Å². The van der Waals surface area contributed by atoms with Gasteiger partial charge in [-0.15, -0.1) is 6.42 Å². The molecule has 0 aromatic rings. The van der Waals surface area contributed by atoms with E-state index in [-0.39, 0.29) is 0 Å². The van der Waals surface area contributed by atoms with Crippen LogP contribution in [0.1, 0.15) is 0 Å². The SMILES string of the molecule is C#CCOP(=O)(OC(C(F)(F)F)C(F)(F)F)OC(C(F)(F)F)C(F)(F)F. The molecule has 154 valence electrons. The molecule has 0 radical (unpaired) electrons. The van der Waals surface area contributed by atoms with E-state index < -0.39 is 51.3 Å². The average Bonchev–Trinajstić information content (AvgIpc) is 2.35. The van der Waals surface area contributed by atoms with Crippen molar-refractivity contribution in [3.63, 3.8) is 0 Å². The molecule has 0 fully saturated rings. The highest BCUT2D eigenvalue weighted by atomic mass is 31.2. The highest BCUT2D eigenvalue weighted by Gasteiger charge is 2.65. The molecular formula is C9H5F12O4P. The molecule has 0 N–H and O–H groups in total. The van der Waals surface area contributed by atoms with E-state index in [4.69, 9.17) is 0 Å². The van der Waals surface area contributed by atoms with Crippen molar-refractivity contribution in [3.8, 4) is 12.3 Å². The Morgan fingerprint density at radius 3 is 1.19 bits per heavy atom. The Balaban J connectivity index is 5.97. The third-order valence-electron chi connectivity index (χ3n) is 1.96. The molecule has 0 heterocycles. The summed E-state index contributed by atoms with van der Waals surface area (Å²) in [6.07, 6.45) is -31.5. The number of alkyl halides is 12. The van der Waals surface area contributed by atoms with Crippen LogP contribution in [0.3, 0.4) is 0 Å². The van der Waals surface area contributed by atoms with Crippen molar-refractivity contribution in [2.75, 3.05) is 6.61 Å². The van der Waals surface area contributed by atoms with Gasteiger partial charge in [0.05, 0.1) is 0 Å². The molecule has 0 aromatic heterocycles. The van der Waals surface area contributed by atoms with Crippen LogP contribution in [0.2, 0.25) is 0 Å². The fourth-order valence-corrected chi connectivity index (χ4v) is 2.47. The van der Waals surface area contributed by atoms with Crippen LogP contribution in [0.15, 0.2) is 0 Å². The fourth-order valence-electron chi connectivity index (χ4n) is 1.07. The van der Waals surface area contributed by atoms with E-state index in [0.717, 1.165) is 0 Å². The standard InChI is InChI=1S/C9H5F12O4P/c1-2-3-23-26(22,24-4(6(10,11)12)7(13,14)15)25-5(8(16,17)18)9(19,20)21/h1,4-5H,3H2. The largest absolute Gasteiger partial charge is 0.477 e. The number of phosphoric ester groups is 1. The monoisotopic (exact) mass is 436 g/mol. The number of hydrogen-bond donors (Lipinski definition) is 0. The van der Waals surface area contributed by atoms with Gasteiger partial charge in [0.1, 0.15) is 6.61 Å². The minimum Gasteiger partial charge on any atom is -0.274 e. The Bertz CT molecular complexity index is 487. The lowest BCUT2D eigenvalue weighted by molar-refractivity contribution is -0.317. The summed E-state index contributed by atoms with van der Waals surface area (Å²) in [6, 6.07) is 0. The Morgan fingerprint density at radius 1 is 0.731 bits per heavy atom. The van der Waals surface area contributed by atoms with E-state index in [1.54, 1.807) is 0 Å². The molecule has 0 aliphatic rings. The van der Waals surface area contributed by atoms with Crippen LogP contribution >= 0.6 is 7.82 Å². The number of halogens is 12. The summed E-state index contributed by atoms with van der Waals surface area (Å²) in [5.74, 6) is 1.25. The molecule has 0 rings (SSSR count). The smallest absolute Gasteiger partial charge is 0.274 e. The van der Waals surface area contributed by atoms with Gasteiger partial charge in [-0.25, -0.2) is 4.57 Å². The molecule has 0 atom stereocenters. The summed E-state index contributed by atoms with van der Waals surface area (Å²) in [4.78, 5) is 0. The highest BCUT2D eigenvalue weighted by molar-refractivity contribution is 7.48. The van der Waals surface area contributed by atoms with Crippen molar-refractivity contribution in [2.24, 2.45) is 0 Å². The van der Waals surface area contributed by atoms with E-state index in [1.165, 1.54) is 5.92 Å². The minimum absolute atomic E-state index is 1.25. The third kappa shape index (κ3) is 7.60. The molecule has 26 heavy (non-hydrogen) atoms. The first-order valence-electron chi connectivity index (χ1n) is 5.56. The number of hydrogen-bond acceptors (Lipinski definition) is 4. The maximum atomic E-state index is 12.3. The quantitative estimate of drug-likeness (QED) is 0.342. The molecule has 4 nitrogen and oxygen atoms in total. The van der Waals surface area contributed by atoms with Crippen molar-refractivity contribution in [2.45, 2.75) is 36.9 Å². The van der Waals surface area contributed by atoms with Gasteiger partial charge in [-0.1, -0.05) is 5.92 Å². The van der Waals surface area contributed by atoms with E-state index in [9.17, 15) is 57.3 Å². The summed E-state index contributed by atoms with van der Waals surface area (Å²) < 4.78 is 169. The van der Waals surface area contributed by atoms with Gasteiger partial charge in [-0.3, -0.25) is 13.6 Å². The van der Waals surface area contributed by atoms with Crippen molar-refractivity contribution in [1.82, 2.24) is 0 Å². The molecule has 0 spiro atoms. The highest BCUT2D eigenvalue weighted by Crippen LogP contribution is 2.58. The molecule has 0 aliphatic heterocycles. The van der Waals surface area contributed by atoms with Crippen LogP contribution in [0, 0.1) is 12.3 Å². The second-order valence-corrected chi connectivity index (χ2v) is 5.64. The first-order valence-corrected chi connectivity index (χ1v) is 7.02. The molecule has 0 saturated heterocycles. The zero-order valence-electron chi connectivity index (χ0n) is 11.6. The normalized spacial score (nSPS) is 14.8. The summed E-state index contributed by atoms with van der Waals surface area (Å²) in [7, 11) is -6.76. The maximum absolute atomic E-state index is 12.3. The minimum atomic E-state index is -6.76. The summed E-state index contributed by atoms with van der Waals surface area (Å²) in [5.41, 5.74) is 0. The van der Waals surface area contributed by atoms with E-state index in [0.29, 0.717) is 0 Å². The number of phosphoric acid groups is 1. The van der Waals surface area contributed by atoms with Crippen molar-refractivity contribution >= 4 is 7.82 Å². The van der Waals surface area contributed by atoms with Crippen LogP contribution in [-0.2, 0) is 18.1 Å². The molecule has 17 heteroatoms. The van der Waals surface area contributed by atoms with Crippen molar-refractivity contribution in [1.29, 1.82) is 0 Å². The fraction of sp³-hybridized carbons (Fsp3) is 0.778. The molecule has 0 aromatic carbocycles. The summed E-state index contributed by atoms with van der Waals surface area (Å²) in [5, 5.41) is 0. The van der Waals surface area contributed by atoms with Crippen LogP contribution in [0.25, 0.3) is 0 Å². The summed E-state index contributed by atoms with van der Waals surface area (Å²) in [6.45, 7) is -1.60. The zero-order chi connectivity index (χ0) is 21.2. The van der Waals surface area contributed by atoms with E-state index in [2.05, 4.69) is 20.0 Å². The second-order valence-electron chi connectivity index (χ2n) is 4.06. The maximum Gasteiger partial charge on any atom is 0.477 e. The number of terminal acetylenes is 1. The molecule has 0 aliphatic carbocycles. The van der Waals surface area contributed by atoms with Gasteiger partial charge in [0, 0.05) is 0 Å². The molecule has 0 amide bonds. The van der Waals surface area contributed by atoms with Crippen LogP contribution in [0.5, 0.6) is 0 Å². The Morgan fingerprint density at radius 2 is 1.00 bits per heavy atom. The van der Waals surface area contributed by atoms with Crippen LogP contribution in [-0.4, -0.2) is 43.5 Å². The van der Waals surface area contributed by atoms with Gasteiger partial charge in [-0.05, 0) is 0 Å². The van der Waals surface area contributed by atoms with Crippen LogP contribution in [0.4, 0.5) is 52.7 Å². The predicted octanol–water partition coefficient (Wildman–Crippen LogP) is 4.76. The van der Waals surface area contributed by atoms with Gasteiger partial charge in [-0.2, -0.15) is 52.7 Å². The predicted molar refractivity (Wildman–Crippen MR) is 56.4 cm³/mol. The second kappa shape index (κ2) is 7.83. The first-order chi connectivity index (χ1) is 11.2. The molecule has 0 saturated carbocycles. The van der Waals surface area contributed by atoms with E-state index >= 15 is 0 Å². The lowest BCUT2D eigenvalue weighted by atomic mass is 10.3. The van der Waals surface area contributed by atoms with Gasteiger partial charge in [0.25, 0.3) is 12.2 Å². The zero-order valence-corrected chi connectivity index (χ0v) is 12.4. The van der Waals surface area contributed by atoms with Gasteiger partial charge >= 0.3 is 32.5 Å². The lowest BCUT2D eigenvalue weighted by Gasteiger charge is -2.30. The Kier molecular flexibility index (Phi) is 7.48. The molecular weight excluding hydrogens is 431 g/mol. The third-order valence-corrected chi connectivity index (χ3v) is 3.35. The van der Waals surface area contributed by atoms with Crippen molar-refractivity contribution in [3.05, 3.63) is 0 Å². The van der Waals surface area contributed by atoms with Gasteiger partial charge in [0.2, 0.25) is 0 Å².